The Kier molecular flexibility index (Phi) is 4.20. The van der Waals surface area contributed by atoms with Gasteiger partial charge in [0.2, 0.25) is 5.75 Å². The van der Waals surface area contributed by atoms with E-state index in [0.717, 1.165) is 23.9 Å². The molecule has 2 heterocycles. The first-order valence-corrected chi connectivity index (χ1v) is 6.16. The number of hydrogen-bond donors (Lipinski definition) is 1. The molecular formula is C14H16ClNO4. The Hall–Kier alpha value is -1.72. The van der Waals surface area contributed by atoms with Crippen LogP contribution in [0.5, 0.6) is 11.5 Å². The molecule has 0 atom stereocenters. The van der Waals surface area contributed by atoms with Crippen molar-refractivity contribution in [3.63, 3.8) is 0 Å². The summed E-state index contributed by atoms with van der Waals surface area (Å²) < 4.78 is 16.0. The van der Waals surface area contributed by atoms with Crippen molar-refractivity contribution < 1.29 is 13.9 Å². The van der Waals surface area contributed by atoms with E-state index in [1.807, 2.05) is 12.1 Å². The monoisotopic (exact) mass is 297 g/mol. The number of ether oxygens (including phenoxy) is 2. The quantitative estimate of drug-likeness (QED) is 0.858. The number of halogens is 1. The van der Waals surface area contributed by atoms with E-state index in [-0.39, 0.29) is 18.0 Å². The first-order valence-electron chi connectivity index (χ1n) is 6.16. The van der Waals surface area contributed by atoms with Crippen LogP contribution in [-0.2, 0) is 13.0 Å². The third-order valence-electron chi connectivity index (χ3n) is 3.48. The van der Waals surface area contributed by atoms with Gasteiger partial charge in [0.15, 0.2) is 11.3 Å². The van der Waals surface area contributed by atoms with E-state index >= 15 is 0 Å². The molecule has 0 bridgehead atoms. The van der Waals surface area contributed by atoms with Crippen molar-refractivity contribution in [1.82, 2.24) is 5.32 Å². The van der Waals surface area contributed by atoms with Crippen molar-refractivity contribution in [3.8, 4) is 11.5 Å². The highest BCUT2D eigenvalue weighted by atomic mass is 35.5. The van der Waals surface area contributed by atoms with Crippen LogP contribution in [0.1, 0.15) is 11.1 Å². The Bertz CT molecular complexity index is 696. The normalized spacial score (nSPS) is 13.5. The molecule has 0 aliphatic carbocycles. The van der Waals surface area contributed by atoms with Crippen molar-refractivity contribution in [2.75, 3.05) is 20.8 Å². The SMILES string of the molecule is COc1ccc2c3c(c(=O)oc2c1OC)CNCC3.Cl. The fourth-order valence-electron chi connectivity index (χ4n) is 2.57. The molecular weight excluding hydrogens is 282 g/mol. The largest absolute Gasteiger partial charge is 0.493 e. The second-order valence-electron chi connectivity index (χ2n) is 4.45. The highest BCUT2D eigenvalue weighted by Crippen LogP contribution is 2.37. The van der Waals surface area contributed by atoms with E-state index in [2.05, 4.69) is 5.32 Å². The van der Waals surface area contributed by atoms with Gasteiger partial charge in [0, 0.05) is 11.9 Å². The smallest absolute Gasteiger partial charge is 0.341 e. The summed E-state index contributed by atoms with van der Waals surface area (Å²) in [7, 11) is 3.10. The van der Waals surface area contributed by atoms with Gasteiger partial charge in [0.25, 0.3) is 0 Å². The van der Waals surface area contributed by atoms with Crippen molar-refractivity contribution in [2.45, 2.75) is 13.0 Å². The number of rotatable bonds is 2. The molecule has 1 aromatic carbocycles. The minimum absolute atomic E-state index is 0. The number of benzene rings is 1. The van der Waals surface area contributed by atoms with Gasteiger partial charge in [-0.2, -0.15) is 0 Å². The molecule has 1 aliphatic rings. The summed E-state index contributed by atoms with van der Waals surface area (Å²) in [5, 5.41) is 4.11. The van der Waals surface area contributed by atoms with Crippen LogP contribution in [0.2, 0.25) is 0 Å². The summed E-state index contributed by atoms with van der Waals surface area (Å²) in [6.07, 6.45) is 0.812. The maximum atomic E-state index is 12.0. The van der Waals surface area contributed by atoms with Crippen LogP contribution in [0.3, 0.4) is 0 Å². The van der Waals surface area contributed by atoms with Gasteiger partial charge < -0.3 is 19.2 Å². The summed E-state index contributed by atoms with van der Waals surface area (Å²) in [4.78, 5) is 12.0. The molecule has 3 rings (SSSR count). The fraction of sp³-hybridized carbons (Fsp3) is 0.357. The number of fused-ring (bicyclic) bond motifs is 3. The van der Waals surface area contributed by atoms with Crippen molar-refractivity contribution in [1.29, 1.82) is 0 Å². The van der Waals surface area contributed by atoms with Crippen molar-refractivity contribution >= 4 is 23.4 Å². The Morgan fingerprint density at radius 3 is 2.70 bits per heavy atom. The molecule has 0 saturated carbocycles. The lowest BCUT2D eigenvalue weighted by Gasteiger charge is -2.18. The molecule has 1 N–H and O–H groups in total. The first-order chi connectivity index (χ1) is 9.26. The molecule has 20 heavy (non-hydrogen) atoms. The van der Waals surface area contributed by atoms with E-state index in [0.29, 0.717) is 29.2 Å². The number of methoxy groups -OCH3 is 2. The highest BCUT2D eigenvalue weighted by molar-refractivity contribution is 5.88. The Labute approximate surface area is 122 Å². The zero-order valence-electron chi connectivity index (χ0n) is 11.3. The molecule has 0 spiro atoms. The summed E-state index contributed by atoms with van der Waals surface area (Å²) >= 11 is 0. The second kappa shape index (κ2) is 5.73. The van der Waals surface area contributed by atoms with Gasteiger partial charge in [-0.1, -0.05) is 0 Å². The van der Waals surface area contributed by atoms with E-state index in [1.54, 1.807) is 7.11 Å². The van der Waals surface area contributed by atoms with Gasteiger partial charge in [0.05, 0.1) is 19.8 Å². The van der Waals surface area contributed by atoms with Gasteiger partial charge in [-0.15, -0.1) is 12.4 Å². The van der Waals surface area contributed by atoms with Gasteiger partial charge in [0.1, 0.15) is 0 Å². The predicted octanol–water partition coefficient (Wildman–Crippen LogP) is 1.88. The topological polar surface area (TPSA) is 60.7 Å². The third-order valence-corrected chi connectivity index (χ3v) is 3.48. The second-order valence-corrected chi connectivity index (χ2v) is 4.45. The molecule has 0 radical (unpaired) electrons. The Balaban J connectivity index is 0.00000147. The summed E-state index contributed by atoms with van der Waals surface area (Å²) in [6, 6.07) is 3.76. The molecule has 108 valence electrons. The van der Waals surface area contributed by atoms with Crippen LogP contribution >= 0.6 is 12.4 Å². The molecule has 0 saturated heterocycles. The van der Waals surface area contributed by atoms with Gasteiger partial charge >= 0.3 is 5.63 Å². The molecule has 2 aromatic rings. The lowest BCUT2D eigenvalue weighted by atomic mass is 9.98. The van der Waals surface area contributed by atoms with Gasteiger partial charge in [-0.3, -0.25) is 0 Å². The minimum Gasteiger partial charge on any atom is -0.493 e. The van der Waals surface area contributed by atoms with E-state index < -0.39 is 0 Å². The molecule has 0 fully saturated rings. The van der Waals surface area contributed by atoms with Crippen LogP contribution in [0.15, 0.2) is 21.3 Å². The standard InChI is InChI=1S/C14H15NO4.ClH/c1-17-11-4-3-9-8-5-6-15-7-10(8)14(16)19-12(9)13(11)18-2;/h3-4,15H,5-7H2,1-2H3;1H. The van der Waals surface area contributed by atoms with E-state index in [9.17, 15) is 4.79 Å². The third kappa shape index (κ3) is 2.13. The van der Waals surface area contributed by atoms with Gasteiger partial charge in [-0.05, 0) is 30.7 Å². The predicted molar refractivity (Wildman–Crippen MR) is 78.2 cm³/mol. The Morgan fingerprint density at radius 2 is 2.00 bits per heavy atom. The van der Waals surface area contributed by atoms with E-state index in [1.165, 1.54) is 7.11 Å². The molecule has 0 unspecified atom stereocenters. The van der Waals surface area contributed by atoms with Crippen LogP contribution in [0.4, 0.5) is 0 Å². The summed E-state index contributed by atoms with van der Waals surface area (Å²) in [6.45, 7) is 1.42. The van der Waals surface area contributed by atoms with Crippen LogP contribution in [0, 0.1) is 0 Å². The molecule has 6 heteroatoms. The van der Waals surface area contributed by atoms with Crippen LogP contribution in [-0.4, -0.2) is 20.8 Å². The summed E-state index contributed by atoms with van der Waals surface area (Å²) in [5.41, 5.74) is 1.92. The van der Waals surface area contributed by atoms with E-state index in [4.69, 9.17) is 13.9 Å². The molecule has 0 amide bonds. The maximum absolute atomic E-state index is 12.0. The van der Waals surface area contributed by atoms with Gasteiger partial charge in [-0.25, -0.2) is 4.79 Å². The first kappa shape index (κ1) is 14.7. The van der Waals surface area contributed by atoms with Crippen molar-refractivity contribution in [2.24, 2.45) is 0 Å². The average molecular weight is 298 g/mol. The average Bonchev–Trinajstić information content (AvgIpc) is 2.46. The Morgan fingerprint density at radius 1 is 1.20 bits per heavy atom. The van der Waals surface area contributed by atoms with Crippen LogP contribution in [0.25, 0.3) is 11.0 Å². The summed E-state index contributed by atoms with van der Waals surface area (Å²) in [5.74, 6) is 1.03. The zero-order chi connectivity index (χ0) is 13.4. The van der Waals surface area contributed by atoms with Crippen molar-refractivity contribution in [3.05, 3.63) is 33.7 Å². The lowest BCUT2D eigenvalue weighted by Crippen LogP contribution is -2.29. The number of nitrogens with one attached hydrogen (secondary N) is 1. The lowest BCUT2D eigenvalue weighted by molar-refractivity contribution is 0.351. The zero-order valence-corrected chi connectivity index (χ0v) is 12.1. The van der Waals surface area contributed by atoms with Crippen LogP contribution < -0.4 is 20.4 Å². The fourth-order valence-corrected chi connectivity index (χ4v) is 2.57. The highest BCUT2D eigenvalue weighted by Gasteiger charge is 2.21. The molecule has 1 aliphatic heterocycles. The molecule has 1 aromatic heterocycles. The maximum Gasteiger partial charge on any atom is 0.341 e. The number of hydrogen-bond acceptors (Lipinski definition) is 5. The minimum atomic E-state index is -0.304. The molecule has 5 nitrogen and oxygen atoms in total.